The van der Waals surface area contributed by atoms with Gasteiger partial charge in [-0.05, 0) is 25.0 Å². The van der Waals surface area contributed by atoms with Crippen LogP contribution in [0.25, 0.3) is 0 Å². The fourth-order valence-electron chi connectivity index (χ4n) is 2.50. The Morgan fingerprint density at radius 2 is 2.00 bits per heavy atom. The molecule has 0 N–H and O–H groups in total. The second-order valence-electron chi connectivity index (χ2n) is 4.96. The molecule has 1 aliphatic heterocycles. The number of halogens is 1. The van der Waals surface area contributed by atoms with Gasteiger partial charge in [-0.3, -0.25) is 14.9 Å². The summed E-state index contributed by atoms with van der Waals surface area (Å²) in [4.78, 5) is 24.5. The van der Waals surface area contributed by atoms with E-state index < -0.39 is 4.92 Å². The molecule has 20 heavy (non-hydrogen) atoms. The van der Waals surface area contributed by atoms with Crippen LogP contribution in [0.3, 0.4) is 0 Å². The highest BCUT2D eigenvalue weighted by atomic mass is 35.5. The molecule has 1 fully saturated rings. The van der Waals surface area contributed by atoms with E-state index >= 15 is 0 Å². The predicted octanol–water partition coefficient (Wildman–Crippen LogP) is 3.22. The van der Waals surface area contributed by atoms with Crippen LogP contribution in [-0.2, 0) is 0 Å². The van der Waals surface area contributed by atoms with Crippen molar-refractivity contribution in [1.82, 2.24) is 4.90 Å². The SMILES string of the molecule is O=C(c1ccc([N+](=O)[O-])cc1)N1CCCCCC1CCl. The maximum atomic E-state index is 12.5. The number of likely N-dealkylation sites (tertiary alicyclic amines) is 1. The van der Waals surface area contributed by atoms with E-state index in [0.29, 0.717) is 18.0 Å². The zero-order valence-electron chi connectivity index (χ0n) is 11.1. The van der Waals surface area contributed by atoms with Crippen LogP contribution >= 0.6 is 11.6 Å². The van der Waals surface area contributed by atoms with Crippen LogP contribution in [0.15, 0.2) is 24.3 Å². The molecular formula is C14H17ClN2O3. The number of nitro groups is 1. The third-order valence-electron chi connectivity index (χ3n) is 3.64. The minimum Gasteiger partial charge on any atom is -0.334 e. The van der Waals surface area contributed by atoms with Crippen LogP contribution in [0, 0.1) is 10.1 Å². The molecule has 0 aromatic heterocycles. The number of alkyl halides is 1. The third kappa shape index (κ3) is 3.28. The Balaban J connectivity index is 2.17. The molecule has 108 valence electrons. The highest BCUT2D eigenvalue weighted by molar-refractivity contribution is 6.18. The van der Waals surface area contributed by atoms with Crippen LogP contribution in [0.2, 0.25) is 0 Å². The lowest BCUT2D eigenvalue weighted by atomic mass is 10.1. The number of benzene rings is 1. The van der Waals surface area contributed by atoms with Crippen molar-refractivity contribution in [3.8, 4) is 0 Å². The summed E-state index contributed by atoms with van der Waals surface area (Å²) in [6.45, 7) is 0.702. The number of hydrogen-bond acceptors (Lipinski definition) is 3. The number of non-ortho nitro benzene ring substituents is 1. The summed E-state index contributed by atoms with van der Waals surface area (Å²) in [5, 5.41) is 10.6. The molecule has 1 atom stereocenters. The first kappa shape index (κ1) is 14.8. The smallest absolute Gasteiger partial charge is 0.269 e. The van der Waals surface area contributed by atoms with Gasteiger partial charge in [-0.15, -0.1) is 11.6 Å². The van der Waals surface area contributed by atoms with Crippen molar-refractivity contribution >= 4 is 23.2 Å². The van der Waals surface area contributed by atoms with Crippen LogP contribution < -0.4 is 0 Å². The first-order chi connectivity index (χ1) is 9.63. The van der Waals surface area contributed by atoms with E-state index in [0.717, 1.165) is 25.7 Å². The summed E-state index contributed by atoms with van der Waals surface area (Å²) in [7, 11) is 0. The van der Waals surface area contributed by atoms with Gasteiger partial charge in [0.15, 0.2) is 0 Å². The summed E-state index contributed by atoms with van der Waals surface area (Å²) >= 11 is 5.96. The van der Waals surface area contributed by atoms with Crippen molar-refractivity contribution in [2.75, 3.05) is 12.4 Å². The van der Waals surface area contributed by atoms with Gasteiger partial charge in [-0.25, -0.2) is 0 Å². The van der Waals surface area contributed by atoms with Crippen LogP contribution in [0.5, 0.6) is 0 Å². The van der Waals surface area contributed by atoms with Gasteiger partial charge in [0.05, 0.1) is 4.92 Å². The molecule has 1 aliphatic rings. The molecule has 0 saturated carbocycles. The molecule has 1 aromatic carbocycles. The maximum Gasteiger partial charge on any atom is 0.269 e. The Kier molecular flexibility index (Phi) is 4.95. The van der Waals surface area contributed by atoms with Crippen molar-refractivity contribution < 1.29 is 9.72 Å². The topological polar surface area (TPSA) is 63.4 Å². The summed E-state index contributed by atoms with van der Waals surface area (Å²) in [6.07, 6.45) is 4.09. The number of carbonyl (C=O) groups excluding carboxylic acids is 1. The highest BCUT2D eigenvalue weighted by Crippen LogP contribution is 2.21. The Bertz CT molecular complexity index is 490. The van der Waals surface area contributed by atoms with E-state index in [9.17, 15) is 14.9 Å². The molecule has 0 bridgehead atoms. The van der Waals surface area contributed by atoms with Crippen molar-refractivity contribution in [1.29, 1.82) is 0 Å². The molecule has 1 saturated heterocycles. The molecule has 6 heteroatoms. The number of amides is 1. The van der Waals surface area contributed by atoms with E-state index in [1.165, 1.54) is 24.3 Å². The quantitative estimate of drug-likeness (QED) is 0.489. The average molecular weight is 297 g/mol. The minimum atomic E-state index is -0.470. The lowest BCUT2D eigenvalue weighted by Crippen LogP contribution is -2.41. The molecule has 1 aromatic rings. The van der Waals surface area contributed by atoms with Gasteiger partial charge in [-0.2, -0.15) is 0 Å². The summed E-state index contributed by atoms with van der Waals surface area (Å²) in [6, 6.07) is 5.80. The third-order valence-corrected chi connectivity index (χ3v) is 4.00. The average Bonchev–Trinajstić information content (AvgIpc) is 2.71. The number of carbonyl (C=O) groups is 1. The van der Waals surface area contributed by atoms with Gasteiger partial charge >= 0.3 is 0 Å². The number of hydrogen-bond donors (Lipinski definition) is 0. The minimum absolute atomic E-state index is 0.00805. The lowest BCUT2D eigenvalue weighted by Gasteiger charge is -2.28. The molecule has 1 heterocycles. The van der Waals surface area contributed by atoms with Crippen molar-refractivity contribution in [2.24, 2.45) is 0 Å². The molecule has 5 nitrogen and oxygen atoms in total. The van der Waals surface area contributed by atoms with Gasteiger partial charge in [0.2, 0.25) is 0 Å². The first-order valence-electron chi connectivity index (χ1n) is 6.75. The summed E-state index contributed by atoms with van der Waals surface area (Å²) < 4.78 is 0. The van der Waals surface area contributed by atoms with E-state index in [4.69, 9.17) is 11.6 Å². The van der Waals surface area contributed by atoms with Crippen LogP contribution in [-0.4, -0.2) is 34.2 Å². The van der Waals surface area contributed by atoms with E-state index in [1.807, 2.05) is 0 Å². The van der Waals surface area contributed by atoms with Gasteiger partial charge in [0, 0.05) is 36.2 Å². The second kappa shape index (κ2) is 6.70. The Labute approximate surface area is 122 Å². The van der Waals surface area contributed by atoms with Gasteiger partial charge in [0.1, 0.15) is 0 Å². The summed E-state index contributed by atoms with van der Waals surface area (Å²) in [5.74, 6) is 0.339. The monoisotopic (exact) mass is 296 g/mol. The lowest BCUT2D eigenvalue weighted by molar-refractivity contribution is -0.384. The Hall–Kier alpha value is -1.62. The van der Waals surface area contributed by atoms with E-state index in [2.05, 4.69) is 0 Å². The van der Waals surface area contributed by atoms with Gasteiger partial charge in [-0.1, -0.05) is 12.8 Å². The Morgan fingerprint density at radius 3 is 2.60 bits per heavy atom. The normalized spacial score (nSPS) is 19.4. The van der Waals surface area contributed by atoms with Gasteiger partial charge in [0.25, 0.3) is 11.6 Å². The number of nitro benzene ring substituents is 1. The molecule has 1 unspecified atom stereocenters. The second-order valence-corrected chi connectivity index (χ2v) is 5.27. The number of rotatable bonds is 3. The zero-order chi connectivity index (χ0) is 14.5. The summed E-state index contributed by atoms with van der Waals surface area (Å²) in [5.41, 5.74) is 0.471. The first-order valence-corrected chi connectivity index (χ1v) is 7.28. The van der Waals surface area contributed by atoms with E-state index in [-0.39, 0.29) is 17.6 Å². The van der Waals surface area contributed by atoms with Crippen molar-refractivity contribution in [2.45, 2.75) is 31.7 Å². The predicted molar refractivity (Wildman–Crippen MR) is 77.1 cm³/mol. The van der Waals surface area contributed by atoms with Crippen LogP contribution in [0.1, 0.15) is 36.0 Å². The molecule has 2 rings (SSSR count). The zero-order valence-corrected chi connectivity index (χ0v) is 11.9. The van der Waals surface area contributed by atoms with E-state index in [1.54, 1.807) is 4.90 Å². The standard InChI is InChI=1S/C14H17ClN2O3/c15-10-13-4-2-1-3-9-16(13)14(18)11-5-7-12(8-6-11)17(19)20/h5-8,13H,1-4,9-10H2. The highest BCUT2D eigenvalue weighted by Gasteiger charge is 2.25. The molecule has 0 radical (unpaired) electrons. The largest absolute Gasteiger partial charge is 0.334 e. The van der Waals surface area contributed by atoms with Crippen molar-refractivity contribution in [3.63, 3.8) is 0 Å². The maximum absolute atomic E-state index is 12.5. The fraction of sp³-hybridized carbons (Fsp3) is 0.500. The molecule has 0 spiro atoms. The molecule has 0 aliphatic carbocycles. The molecule has 1 amide bonds. The van der Waals surface area contributed by atoms with Crippen molar-refractivity contribution in [3.05, 3.63) is 39.9 Å². The number of nitrogens with zero attached hydrogens (tertiary/aromatic N) is 2. The van der Waals surface area contributed by atoms with Gasteiger partial charge < -0.3 is 4.90 Å². The molecular weight excluding hydrogens is 280 g/mol. The Morgan fingerprint density at radius 1 is 1.30 bits per heavy atom. The van der Waals surface area contributed by atoms with Crippen LogP contribution in [0.4, 0.5) is 5.69 Å². The fourth-order valence-corrected chi connectivity index (χ4v) is 2.82.